The molecule has 0 spiro atoms. The van der Waals surface area contributed by atoms with E-state index in [-0.39, 0.29) is 6.04 Å². The highest BCUT2D eigenvalue weighted by atomic mass is 35.5. The molecular weight excluding hydrogens is 501 g/mol. The number of likely N-dealkylation sites (tertiary alicyclic amines) is 1. The number of nitrogens with zero attached hydrogens (tertiary/aromatic N) is 1. The van der Waals surface area contributed by atoms with Crippen LogP contribution in [0.5, 0.6) is 17.2 Å². The molecule has 8 heteroatoms. The van der Waals surface area contributed by atoms with E-state index in [1.165, 1.54) is 0 Å². The number of ether oxygens (including phenoxy) is 3. The van der Waals surface area contributed by atoms with Gasteiger partial charge in [-0.2, -0.15) is 0 Å². The molecule has 4 rings (SSSR count). The molecule has 6 nitrogen and oxygen atoms in total. The molecule has 1 aliphatic rings. The lowest BCUT2D eigenvalue weighted by Crippen LogP contribution is -2.41. The molecule has 1 aliphatic heterocycles. The van der Waals surface area contributed by atoms with Crippen molar-refractivity contribution in [1.82, 2.24) is 4.90 Å². The first kappa shape index (κ1) is 26.1. The standard InChI is InChI=1S/C28H29Cl2NO5/c1-34-23-14-20(15-24(35-2)27(23)36-17-18-8-4-3-5-9-18)26(21-11-6-12-22(29)25(21)30)31-13-7-10-19(16-31)28(32)33/h3-6,8-9,11-12,14-15,19,26H,7,10,13,16-17H2,1-2H3,(H,32,33). The molecule has 1 heterocycles. The Morgan fingerprint density at radius 2 is 1.75 bits per heavy atom. The lowest BCUT2D eigenvalue weighted by molar-refractivity contribution is -0.143. The maximum Gasteiger partial charge on any atom is 0.307 e. The second-order valence-corrected chi connectivity index (χ2v) is 9.53. The number of rotatable bonds is 9. The van der Waals surface area contributed by atoms with Gasteiger partial charge in [0.2, 0.25) is 5.75 Å². The molecule has 0 saturated carbocycles. The summed E-state index contributed by atoms with van der Waals surface area (Å²) in [5.41, 5.74) is 2.64. The van der Waals surface area contributed by atoms with Crippen LogP contribution in [0.25, 0.3) is 0 Å². The van der Waals surface area contributed by atoms with Crippen LogP contribution < -0.4 is 14.2 Å². The molecule has 2 atom stereocenters. The van der Waals surface area contributed by atoms with Crippen molar-refractivity contribution in [3.05, 3.63) is 87.4 Å². The molecule has 1 N–H and O–H groups in total. The van der Waals surface area contributed by atoms with E-state index in [1.807, 2.05) is 54.6 Å². The van der Waals surface area contributed by atoms with Crippen LogP contribution in [0.4, 0.5) is 0 Å². The highest BCUT2D eigenvalue weighted by Crippen LogP contribution is 2.45. The smallest absolute Gasteiger partial charge is 0.307 e. The number of benzene rings is 3. The fraction of sp³-hybridized carbons (Fsp3) is 0.321. The molecule has 0 radical (unpaired) electrons. The minimum Gasteiger partial charge on any atom is -0.493 e. The predicted octanol–water partition coefficient (Wildman–Crippen LogP) is 6.48. The van der Waals surface area contributed by atoms with Crippen molar-refractivity contribution in [2.24, 2.45) is 5.92 Å². The molecule has 3 aromatic rings. The van der Waals surface area contributed by atoms with Gasteiger partial charge in [0.25, 0.3) is 0 Å². The van der Waals surface area contributed by atoms with E-state index in [0.717, 1.165) is 23.1 Å². The number of piperidine rings is 1. The lowest BCUT2D eigenvalue weighted by Gasteiger charge is -2.38. The highest BCUT2D eigenvalue weighted by molar-refractivity contribution is 6.42. The monoisotopic (exact) mass is 529 g/mol. The van der Waals surface area contributed by atoms with Crippen LogP contribution in [-0.2, 0) is 11.4 Å². The average molecular weight is 530 g/mol. The average Bonchev–Trinajstić information content (AvgIpc) is 2.90. The van der Waals surface area contributed by atoms with Gasteiger partial charge in [-0.25, -0.2) is 0 Å². The summed E-state index contributed by atoms with van der Waals surface area (Å²) in [6.45, 7) is 1.46. The van der Waals surface area contributed by atoms with Crippen LogP contribution in [-0.4, -0.2) is 43.3 Å². The molecular formula is C28H29Cl2NO5. The Kier molecular flexibility index (Phi) is 8.62. The van der Waals surface area contributed by atoms with E-state index in [4.69, 9.17) is 37.4 Å². The van der Waals surface area contributed by atoms with Gasteiger partial charge in [0, 0.05) is 6.54 Å². The minimum absolute atomic E-state index is 0.350. The number of carbonyl (C=O) groups is 1. The van der Waals surface area contributed by atoms with Crippen LogP contribution in [0.15, 0.2) is 60.7 Å². The Hall–Kier alpha value is -2.93. The van der Waals surface area contributed by atoms with Gasteiger partial charge in [-0.1, -0.05) is 65.7 Å². The molecule has 3 aromatic carbocycles. The fourth-order valence-corrected chi connectivity index (χ4v) is 5.10. The zero-order valence-corrected chi connectivity index (χ0v) is 21.8. The van der Waals surface area contributed by atoms with Crippen molar-refractivity contribution in [1.29, 1.82) is 0 Å². The summed E-state index contributed by atoms with van der Waals surface area (Å²) in [5.74, 6) is 0.253. The molecule has 2 unspecified atom stereocenters. The maximum atomic E-state index is 11.8. The van der Waals surface area contributed by atoms with Crippen molar-refractivity contribution >= 4 is 29.2 Å². The van der Waals surface area contributed by atoms with Crippen molar-refractivity contribution in [3.8, 4) is 17.2 Å². The third kappa shape index (κ3) is 5.72. The molecule has 36 heavy (non-hydrogen) atoms. The number of carboxylic acid groups (broad SMARTS) is 1. The van der Waals surface area contributed by atoms with Gasteiger partial charge in [0.1, 0.15) is 6.61 Å². The van der Waals surface area contributed by atoms with E-state index >= 15 is 0 Å². The Labute approximate surface area is 221 Å². The Bertz CT molecular complexity index is 1180. The minimum atomic E-state index is -0.796. The van der Waals surface area contributed by atoms with E-state index < -0.39 is 11.9 Å². The van der Waals surface area contributed by atoms with Crippen molar-refractivity contribution in [3.63, 3.8) is 0 Å². The first-order valence-corrected chi connectivity index (χ1v) is 12.5. The summed E-state index contributed by atoms with van der Waals surface area (Å²) in [6.07, 6.45) is 1.40. The van der Waals surface area contributed by atoms with E-state index in [1.54, 1.807) is 20.3 Å². The van der Waals surface area contributed by atoms with Gasteiger partial charge in [0.05, 0.1) is 36.2 Å². The van der Waals surface area contributed by atoms with Crippen molar-refractivity contribution < 1.29 is 24.1 Å². The Morgan fingerprint density at radius 1 is 1.06 bits per heavy atom. The lowest BCUT2D eigenvalue weighted by atomic mass is 9.91. The van der Waals surface area contributed by atoms with Crippen LogP contribution in [0, 0.1) is 5.92 Å². The molecule has 0 aliphatic carbocycles. The summed E-state index contributed by atoms with van der Waals surface area (Å²) >= 11 is 13.1. The summed E-state index contributed by atoms with van der Waals surface area (Å²) in [7, 11) is 3.16. The number of methoxy groups -OCH3 is 2. The van der Waals surface area contributed by atoms with Gasteiger partial charge in [-0.15, -0.1) is 0 Å². The highest BCUT2D eigenvalue weighted by Gasteiger charge is 2.33. The zero-order chi connectivity index (χ0) is 25.7. The van der Waals surface area contributed by atoms with Gasteiger partial charge in [-0.3, -0.25) is 9.69 Å². The third-order valence-electron chi connectivity index (χ3n) is 6.47. The van der Waals surface area contributed by atoms with Crippen molar-refractivity contribution in [2.75, 3.05) is 27.3 Å². The molecule has 1 saturated heterocycles. The van der Waals surface area contributed by atoms with E-state index in [2.05, 4.69) is 4.90 Å². The van der Waals surface area contributed by atoms with Crippen molar-refractivity contribution in [2.45, 2.75) is 25.5 Å². The largest absolute Gasteiger partial charge is 0.493 e. The summed E-state index contributed by atoms with van der Waals surface area (Å²) in [4.78, 5) is 14.0. The van der Waals surface area contributed by atoms with Crippen LogP contribution in [0.3, 0.4) is 0 Å². The van der Waals surface area contributed by atoms with Gasteiger partial charge in [0.15, 0.2) is 11.5 Å². The Balaban J connectivity index is 1.78. The maximum absolute atomic E-state index is 11.8. The van der Waals surface area contributed by atoms with Crippen LogP contribution >= 0.6 is 23.2 Å². The SMILES string of the molecule is COc1cc(C(c2cccc(Cl)c2Cl)N2CCCC(C(=O)O)C2)cc(OC)c1OCc1ccccc1. The normalized spacial score (nSPS) is 16.8. The molecule has 1 fully saturated rings. The number of hydrogen-bond donors (Lipinski definition) is 1. The molecule has 0 aromatic heterocycles. The topological polar surface area (TPSA) is 68.2 Å². The van der Waals surface area contributed by atoms with Crippen LogP contribution in [0.2, 0.25) is 10.0 Å². The number of hydrogen-bond acceptors (Lipinski definition) is 5. The number of carboxylic acids is 1. The molecule has 190 valence electrons. The van der Waals surface area contributed by atoms with Gasteiger partial charge < -0.3 is 19.3 Å². The van der Waals surface area contributed by atoms with Gasteiger partial charge in [-0.05, 0) is 54.3 Å². The van der Waals surface area contributed by atoms with E-state index in [9.17, 15) is 9.90 Å². The fourth-order valence-electron chi connectivity index (χ4n) is 4.69. The first-order chi connectivity index (χ1) is 17.4. The van der Waals surface area contributed by atoms with Gasteiger partial charge >= 0.3 is 5.97 Å². The Morgan fingerprint density at radius 3 is 2.39 bits per heavy atom. The van der Waals surface area contributed by atoms with Crippen LogP contribution in [0.1, 0.15) is 35.6 Å². The molecule has 0 amide bonds. The predicted molar refractivity (Wildman–Crippen MR) is 141 cm³/mol. The first-order valence-electron chi connectivity index (χ1n) is 11.8. The summed E-state index contributed by atoms with van der Waals surface area (Å²) in [6, 6.07) is 18.8. The number of halogens is 2. The third-order valence-corrected chi connectivity index (χ3v) is 7.30. The molecule has 0 bridgehead atoms. The quantitative estimate of drug-likeness (QED) is 0.342. The second-order valence-electron chi connectivity index (χ2n) is 8.75. The zero-order valence-electron chi connectivity index (χ0n) is 20.2. The summed E-state index contributed by atoms with van der Waals surface area (Å²) < 4.78 is 17.6. The van der Waals surface area contributed by atoms with E-state index in [0.29, 0.717) is 53.4 Å². The second kappa shape index (κ2) is 11.9. The summed E-state index contributed by atoms with van der Waals surface area (Å²) in [5, 5.41) is 10.6. The number of aliphatic carboxylic acids is 1.